The van der Waals surface area contributed by atoms with Crippen LogP contribution in [0.3, 0.4) is 0 Å². The van der Waals surface area contributed by atoms with Gasteiger partial charge in [-0.2, -0.15) is 0 Å². The number of carboxylic acid groups (broad SMARTS) is 1. The molecule has 5 heterocycles. The highest BCUT2D eigenvalue weighted by molar-refractivity contribution is 6.35. The zero-order valence-electron chi connectivity index (χ0n) is 23.7. The van der Waals surface area contributed by atoms with Gasteiger partial charge in [0.2, 0.25) is 11.8 Å². The Bertz CT molecular complexity index is 1390. The van der Waals surface area contributed by atoms with Gasteiger partial charge in [-0.05, 0) is 42.7 Å². The molecule has 0 bridgehead atoms. The molecule has 228 valence electrons. The summed E-state index contributed by atoms with van der Waals surface area (Å²) in [4.78, 5) is 31.7. The Labute approximate surface area is 260 Å². The van der Waals surface area contributed by atoms with E-state index in [2.05, 4.69) is 24.7 Å². The fourth-order valence-electron chi connectivity index (χ4n) is 5.60. The number of anilines is 1. The number of ether oxygens (including phenoxy) is 3. The van der Waals surface area contributed by atoms with Crippen LogP contribution in [0.4, 0.5) is 5.95 Å². The highest BCUT2D eigenvalue weighted by Gasteiger charge is 2.29. The number of piperidine rings is 1. The Balaban J connectivity index is 1.15. The summed E-state index contributed by atoms with van der Waals surface area (Å²) in [6.07, 6.45) is 4.86. The molecule has 43 heavy (non-hydrogen) atoms. The maximum atomic E-state index is 10.8. The van der Waals surface area contributed by atoms with E-state index in [0.29, 0.717) is 45.9 Å². The van der Waals surface area contributed by atoms with Gasteiger partial charge in [-0.25, -0.2) is 19.7 Å². The van der Waals surface area contributed by atoms with E-state index in [1.54, 1.807) is 18.5 Å². The average molecular weight is 630 g/mol. The molecule has 0 radical (unpaired) electrons. The molecule has 13 heteroatoms. The highest BCUT2D eigenvalue weighted by atomic mass is 35.5. The van der Waals surface area contributed by atoms with Gasteiger partial charge in [0, 0.05) is 67.5 Å². The van der Waals surface area contributed by atoms with E-state index < -0.39 is 5.97 Å². The third-order valence-corrected chi connectivity index (χ3v) is 8.41. The summed E-state index contributed by atoms with van der Waals surface area (Å²) in [7, 11) is 0. The van der Waals surface area contributed by atoms with Gasteiger partial charge in [-0.1, -0.05) is 23.2 Å². The number of carbonyl (C=O) groups is 1. The third kappa shape index (κ3) is 7.91. The van der Waals surface area contributed by atoms with Crippen LogP contribution in [0.25, 0.3) is 11.3 Å². The van der Waals surface area contributed by atoms with Crippen molar-refractivity contribution >= 4 is 35.1 Å². The molecule has 0 aliphatic carbocycles. The van der Waals surface area contributed by atoms with Crippen molar-refractivity contribution in [2.75, 3.05) is 64.0 Å². The average Bonchev–Trinajstić information content (AvgIpc) is 2.96. The van der Waals surface area contributed by atoms with Crippen LogP contribution in [0, 0.1) is 0 Å². The lowest BCUT2D eigenvalue weighted by Crippen LogP contribution is -2.56. The lowest BCUT2D eigenvalue weighted by Gasteiger charge is -2.42. The van der Waals surface area contributed by atoms with E-state index in [1.807, 2.05) is 24.3 Å². The summed E-state index contributed by atoms with van der Waals surface area (Å²) >= 11 is 12.6. The van der Waals surface area contributed by atoms with Crippen molar-refractivity contribution < 1.29 is 24.1 Å². The zero-order valence-corrected chi connectivity index (χ0v) is 25.2. The lowest BCUT2D eigenvalue weighted by atomic mass is 10.1. The van der Waals surface area contributed by atoms with Crippen LogP contribution in [-0.2, 0) is 20.8 Å². The van der Waals surface area contributed by atoms with Gasteiger partial charge in [0.05, 0.1) is 43.4 Å². The number of rotatable bonds is 10. The van der Waals surface area contributed by atoms with Gasteiger partial charge in [0.15, 0.2) is 5.75 Å². The van der Waals surface area contributed by atoms with Crippen molar-refractivity contribution in [2.45, 2.75) is 31.5 Å². The Morgan fingerprint density at radius 2 is 1.65 bits per heavy atom. The topological polar surface area (TPSA) is 113 Å². The predicted molar refractivity (Wildman–Crippen MR) is 162 cm³/mol. The van der Waals surface area contributed by atoms with E-state index in [9.17, 15) is 4.79 Å². The van der Waals surface area contributed by atoms with Crippen LogP contribution in [0.5, 0.6) is 11.6 Å². The molecule has 2 aromatic heterocycles. The summed E-state index contributed by atoms with van der Waals surface area (Å²) in [6, 6.07) is 9.80. The van der Waals surface area contributed by atoms with Crippen LogP contribution >= 0.6 is 23.2 Å². The third-order valence-electron chi connectivity index (χ3n) is 7.97. The molecule has 1 N–H and O–H groups in total. The molecule has 3 aliphatic heterocycles. The second-order valence-corrected chi connectivity index (χ2v) is 11.9. The molecule has 0 saturated carbocycles. The number of nitrogens with zero attached hydrogens (tertiary/aromatic N) is 6. The summed E-state index contributed by atoms with van der Waals surface area (Å²) in [5.74, 6) is 0.642. The minimum Gasteiger partial charge on any atom is -0.480 e. The van der Waals surface area contributed by atoms with E-state index in [1.165, 1.54) is 0 Å². The minimum atomic E-state index is -0.946. The minimum absolute atomic E-state index is 0.0444. The number of benzene rings is 1. The van der Waals surface area contributed by atoms with Crippen LogP contribution in [0.1, 0.15) is 18.4 Å². The van der Waals surface area contributed by atoms with Gasteiger partial charge < -0.3 is 24.2 Å². The molecule has 3 fully saturated rings. The van der Waals surface area contributed by atoms with Crippen molar-refractivity contribution in [1.29, 1.82) is 0 Å². The maximum absolute atomic E-state index is 10.8. The van der Waals surface area contributed by atoms with E-state index >= 15 is 0 Å². The van der Waals surface area contributed by atoms with Gasteiger partial charge in [-0.3, -0.25) is 9.80 Å². The molecule has 3 aliphatic rings. The van der Waals surface area contributed by atoms with E-state index in [4.69, 9.17) is 47.5 Å². The van der Waals surface area contributed by atoms with Crippen molar-refractivity contribution in [3.63, 3.8) is 0 Å². The molecule has 0 atom stereocenters. The number of aliphatic carboxylic acids is 1. The largest absolute Gasteiger partial charge is 0.480 e. The highest BCUT2D eigenvalue weighted by Crippen LogP contribution is 2.31. The molecule has 0 amide bonds. The second kappa shape index (κ2) is 13.7. The summed E-state index contributed by atoms with van der Waals surface area (Å²) in [5.41, 5.74) is 2.47. The van der Waals surface area contributed by atoms with Crippen molar-refractivity contribution in [3.05, 3.63) is 58.3 Å². The first-order chi connectivity index (χ1) is 20.9. The molecule has 11 nitrogen and oxygen atoms in total. The SMILES string of the molecule is O=C(O)COC1CCN(Cc2cc(Oc3cnc(N4CCN(C5COC5)CC4)nc3)nc(-c3cc(Cl)cc(Cl)c3)c2)CC1. The molecular formula is C30H34Cl2N6O5. The number of pyridine rings is 1. The number of aromatic nitrogens is 3. The molecule has 3 aromatic rings. The van der Waals surface area contributed by atoms with Crippen LogP contribution < -0.4 is 9.64 Å². The number of piperazine rings is 1. The quantitative estimate of drug-likeness (QED) is 0.348. The Morgan fingerprint density at radius 1 is 0.953 bits per heavy atom. The first-order valence-corrected chi connectivity index (χ1v) is 15.2. The maximum Gasteiger partial charge on any atom is 0.329 e. The Morgan fingerprint density at radius 3 is 2.28 bits per heavy atom. The van der Waals surface area contributed by atoms with Crippen molar-refractivity contribution in [1.82, 2.24) is 24.8 Å². The normalized spacial score (nSPS) is 18.9. The first-order valence-electron chi connectivity index (χ1n) is 14.5. The zero-order chi connectivity index (χ0) is 29.8. The van der Waals surface area contributed by atoms with Crippen molar-refractivity contribution in [2.24, 2.45) is 0 Å². The molecule has 0 unspecified atom stereocenters. The standard InChI is InChI=1S/C30H34Cl2N6O5/c31-22-11-21(12-23(32)13-22)27-9-20(16-36-3-1-25(2-4-36)42-19-29(39)40)10-28(35-27)43-26-14-33-30(34-15-26)38-7-5-37(6-8-38)24-17-41-18-24/h9-15,24-25H,1-8,16-19H2,(H,39,40). The fraction of sp³-hybridized carbons (Fsp3) is 0.467. The number of halogens is 2. The number of hydrogen-bond acceptors (Lipinski definition) is 10. The number of likely N-dealkylation sites (tertiary alicyclic amines) is 1. The summed E-state index contributed by atoms with van der Waals surface area (Å²) < 4.78 is 17.0. The first kappa shape index (κ1) is 30.0. The molecule has 6 rings (SSSR count). The molecule has 1 aromatic carbocycles. The molecule has 3 saturated heterocycles. The Hall–Kier alpha value is -3.06. The van der Waals surface area contributed by atoms with Gasteiger partial charge >= 0.3 is 5.97 Å². The van der Waals surface area contributed by atoms with Gasteiger partial charge in [0.25, 0.3) is 0 Å². The fourth-order valence-corrected chi connectivity index (χ4v) is 6.13. The van der Waals surface area contributed by atoms with Crippen LogP contribution in [0.2, 0.25) is 10.0 Å². The van der Waals surface area contributed by atoms with Gasteiger partial charge in [0.1, 0.15) is 6.61 Å². The Kier molecular flexibility index (Phi) is 9.56. The molecule has 0 spiro atoms. The number of carboxylic acids is 1. The number of hydrogen-bond donors (Lipinski definition) is 1. The summed E-state index contributed by atoms with van der Waals surface area (Å²) in [5, 5.41) is 9.94. The van der Waals surface area contributed by atoms with Crippen molar-refractivity contribution in [3.8, 4) is 22.9 Å². The van der Waals surface area contributed by atoms with Crippen LogP contribution in [0.15, 0.2) is 42.7 Å². The predicted octanol–water partition coefficient (Wildman–Crippen LogP) is 4.22. The van der Waals surface area contributed by atoms with Crippen LogP contribution in [-0.4, -0.2) is 107 Å². The monoisotopic (exact) mass is 628 g/mol. The van der Waals surface area contributed by atoms with E-state index in [-0.39, 0.29) is 12.7 Å². The smallest absolute Gasteiger partial charge is 0.329 e. The lowest BCUT2D eigenvalue weighted by molar-refractivity contribution is -0.145. The summed E-state index contributed by atoms with van der Waals surface area (Å²) in [6.45, 7) is 7.31. The van der Waals surface area contributed by atoms with Gasteiger partial charge in [-0.15, -0.1) is 0 Å². The molecular weight excluding hydrogens is 595 g/mol. The second-order valence-electron chi connectivity index (χ2n) is 11.1. The van der Waals surface area contributed by atoms with E-state index in [0.717, 1.165) is 76.5 Å².